The van der Waals surface area contributed by atoms with E-state index in [0.29, 0.717) is 0 Å². The molecule has 1 saturated heterocycles. The molecule has 0 radical (unpaired) electrons. The predicted molar refractivity (Wildman–Crippen MR) is 82.4 cm³/mol. The zero-order valence-electron chi connectivity index (χ0n) is 9.63. The molecule has 90 valence electrons. The molecular weight excluding hydrogens is 278 g/mol. The smallest absolute Gasteiger partial charge is 0.148 e. The molecular formula is C14H11NS3. The van der Waals surface area contributed by atoms with Crippen molar-refractivity contribution in [2.24, 2.45) is 0 Å². The second-order valence-corrected chi connectivity index (χ2v) is 7.09. The van der Waals surface area contributed by atoms with Crippen LogP contribution in [-0.2, 0) is 4.87 Å². The molecule has 0 saturated carbocycles. The van der Waals surface area contributed by atoms with Gasteiger partial charge >= 0.3 is 0 Å². The van der Waals surface area contributed by atoms with Gasteiger partial charge in [-0.2, -0.15) is 0 Å². The summed E-state index contributed by atoms with van der Waals surface area (Å²) in [6, 6.07) is 13.0. The second-order valence-electron chi connectivity index (χ2n) is 4.47. The average Bonchev–Trinajstić information content (AvgIpc) is 3.09. The summed E-state index contributed by atoms with van der Waals surface area (Å²) in [4.78, 5) is 4.78. The van der Waals surface area contributed by atoms with Gasteiger partial charge in [-0.3, -0.25) is 0 Å². The zero-order valence-corrected chi connectivity index (χ0v) is 12.1. The highest BCUT2D eigenvalue weighted by molar-refractivity contribution is 8.00. The first-order valence-electron chi connectivity index (χ1n) is 5.93. The predicted octanol–water partition coefficient (Wildman–Crippen LogP) is 3.69. The highest BCUT2D eigenvalue weighted by Gasteiger charge is 2.52. The molecule has 1 aromatic carbocycles. The SMILES string of the molecule is S=C1c2ccccc2C2(c3cccs3)SCCN12. The van der Waals surface area contributed by atoms with Gasteiger partial charge in [0, 0.05) is 28.3 Å². The van der Waals surface area contributed by atoms with Crippen molar-refractivity contribution in [3.8, 4) is 0 Å². The van der Waals surface area contributed by atoms with Crippen molar-refractivity contribution >= 4 is 40.3 Å². The van der Waals surface area contributed by atoms with Crippen LogP contribution in [0.2, 0.25) is 0 Å². The largest absolute Gasteiger partial charge is 0.338 e. The van der Waals surface area contributed by atoms with Gasteiger partial charge in [0.1, 0.15) is 9.86 Å². The standard InChI is InChI=1S/C14H11NS3/c16-13-10-4-1-2-5-11(10)14(12-6-3-8-17-12)15(13)7-9-18-14/h1-6,8H,7,9H2. The van der Waals surface area contributed by atoms with Crippen molar-refractivity contribution in [3.05, 3.63) is 57.8 Å². The number of thioether (sulfide) groups is 1. The van der Waals surface area contributed by atoms with Gasteiger partial charge < -0.3 is 4.90 Å². The maximum absolute atomic E-state index is 5.67. The van der Waals surface area contributed by atoms with E-state index in [2.05, 4.69) is 46.7 Å². The van der Waals surface area contributed by atoms with Gasteiger partial charge in [-0.1, -0.05) is 42.5 Å². The van der Waals surface area contributed by atoms with Crippen molar-refractivity contribution in [1.82, 2.24) is 4.90 Å². The summed E-state index contributed by atoms with van der Waals surface area (Å²) in [6.45, 7) is 1.05. The summed E-state index contributed by atoms with van der Waals surface area (Å²) in [7, 11) is 0. The van der Waals surface area contributed by atoms with E-state index < -0.39 is 0 Å². The minimum atomic E-state index is -0.0398. The molecule has 1 nitrogen and oxygen atoms in total. The van der Waals surface area contributed by atoms with Crippen molar-refractivity contribution in [2.75, 3.05) is 12.3 Å². The summed E-state index contributed by atoms with van der Waals surface area (Å²) < 4.78 is 0. The van der Waals surface area contributed by atoms with Gasteiger partial charge in [-0.15, -0.1) is 23.1 Å². The van der Waals surface area contributed by atoms with Gasteiger partial charge in [-0.25, -0.2) is 0 Å². The molecule has 1 aromatic heterocycles. The molecule has 0 amide bonds. The van der Waals surface area contributed by atoms with E-state index in [1.807, 2.05) is 23.1 Å². The Kier molecular flexibility index (Phi) is 2.34. The Bertz CT molecular complexity index is 620. The lowest BCUT2D eigenvalue weighted by molar-refractivity contribution is 0.392. The Balaban J connectivity index is 2.03. The highest BCUT2D eigenvalue weighted by Crippen LogP contribution is 2.56. The molecule has 1 atom stereocenters. The summed E-state index contributed by atoms with van der Waals surface area (Å²) in [5, 5.41) is 2.16. The number of thiophene rings is 1. The normalized spacial score (nSPS) is 25.3. The molecule has 3 heterocycles. The van der Waals surface area contributed by atoms with Crippen LogP contribution in [-0.4, -0.2) is 22.2 Å². The van der Waals surface area contributed by atoms with E-state index in [4.69, 9.17) is 12.2 Å². The quantitative estimate of drug-likeness (QED) is 0.737. The van der Waals surface area contributed by atoms with Crippen LogP contribution in [0.25, 0.3) is 0 Å². The molecule has 1 unspecified atom stereocenters. The van der Waals surface area contributed by atoms with Crippen molar-refractivity contribution in [3.63, 3.8) is 0 Å². The molecule has 18 heavy (non-hydrogen) atoms. The van der Waals surface area contributed by atoms with Gasteiger partial charge in [0.25, 0.3) is 0 Å². The second kappa shape index (κ2) is 3.83. The van der Waals surface area contributed by atoms with Crippen LogP contribution in [0, 0.1) is 0 Å². The molecule has 0 bridgehead atoms. The maximum atomic E-state index is 5.67. The van der Waals surface area contributed by atoms with E-state index in [9.17, 15) is 0 Å². The first-order chi connectivity index (χ1) is 8.84. The van der Waals surface area contributed by atoms with Crippen LogP contribution in [0.3, 0.4) is 0 Å². The van der Waals surface area contributed by atoms with Crippen LogP contribution < -0.4 is 0 Å². The lowest BCUT2D eigenvalue weighted by atomic mass is 10.0. The van der Waals surface area contributed by atoms with Crippen LogP contribution in [0.4, 0.5) is 0 Å². The zero-order chi connectivity index (χ0) is 12.2. The Labute approximate surface area is 120 Å². The van der Waals surface area contributed by atoms with Gasteiger partial charge in [0.15, 0.2) is 0 Å². The summed E-state index contributed by atoms with van der Waals surface area (Å²) in [5.41, 5.74) is 2.62. The Morgan fingerprint density at radius 1 is 1.17 bits per heavy atom. The summed E-state index contributed by atoms with van der Waals surface area (Å²) in [6.07, 6.45) is 0. The lowest BCUT2D eigenvalue weighted by Gasteiger charge is -2.32. The number of rotatable bonds is 1. The molecule has 0 aliphatic carbocycles. The number of nitrogens with zero attached hydrogens (tertiary/aromatic N) is 1. The van der Waals surface area contributed by atoms with E-state index in [0.717, 1.165) is 17.3 Å². The molecule has 0 spiro atoms. The highest BCUT2D eigenvalue weighted by atomic mass is 32.2. The summed E-state index contributed by atoms with van der Waals surface area (Å²) in [5.74, 6) is 1.15. The first-order valence-corrected chi connectivity index (χ1v) is 8.21. The fourth-order valence-electron chi connectivity index (χ4n) is 2.91. The molecule has 2 aliphatic rings. The molecule has 2 aromatic rings. The van der Waals surface area contributed by atoms with Crippen LogP contribution in [0.5, 0.6) is 0 Å². The van der Waals surface area contributed by atoms with Gasteiger partial charge in [0.05, 0.1) is 0 Å². The van der Waals surface area contributed by atoms with Crippen molar-refractivity contribution in [2.45, 2.75) is 4.87 Å². The topological polar surface area (TPSA) is 3.24 Å². The molecule has 1 fully saturated rings. The maximum Gasteiger partial charge on any atom is 0.148 e. The lowest BCUT2D eigenvalue weighted by Crippen LogP contribution is -2.36. The number of hydrogen-bond donors (Lipinski definition) is 0. The van der Waals surface area contributed by atoms with Gasteiger partial charge in [0.2, 0.25) is 0 Å². The first kappa shape index (κ1) is 11.0. The van der Waals surface area contributed by atoms with E-state index >= 15 is 0 Å². The number of thiocarbonyl (C=S) groups is 1. The van der Waals surface area contributed by atoms with E-state index in [-0.39, 0.29) is 4.87 Å². The molecule has 0 N–H and O–H groups in total. The third-order valence-electron chi connectivity index (χ3n) is 3.63. The van der Waals surface area contributed by atoms with E-state index in [1.54, 1.807) is 0 Å². The van der Waals surface area contributed by atoms with Crippen molar-refractivity contribution in [1.29, 1.82) is 0 Å². The molecule has 4 heteroatoms. The number of hydrogen-bond acceptors (Lipinski definition) is 3. The number of fused-ring (bicyclic) bond motifs is 3. The van der Waals surface area contributed by atoms with Crippen LogP contribution in [0.15, 0.2) is 41.8 Å². The van der Waals surface area contributed by atoms with Crippen LogP contribution >= 0.6 is 35.3 Å². The van der Waals surface area contributed by atoms with E-state index in [1.165, 1.54) is 16.0 Å². The molecule has 2 aliphatic heterocycles. The minimum Gasteiger partial charge on any atom is -0.338 e. The third kappa shape index (κ3) is 1.21. The Hall–Kier alpha value is -0.840. The summed E-state index contributed by atoms with van der Waals surface area (Å²) >= 11 is 9.52. The Morgan fingerprint density at radius 3 is 2.89 bits per heavy atom. The Morgan fingerprint density at radius 2 is 2.06 bits per heavy atom. The fourth-order valence-corrected chi connectivity index (χ4v) is 5.98. The minimum absolute atomic E-state index is 0.0398. The fraction of sp³-hybridized carbons (Fsp3) is 0.214. The number of benzene rings is 1. The average molecular weight is 289 g/mol. The van der Waals surface area contributed by atoms with Crippen LogP contribution in [0.1, 0.15) is 16.0 Å². The van der Waals surface area contributed by atoms with Crippen molar-refractivity contribution < 1.29 is 0 Å². The van der Waals surface area contributed by atoms with Gasteiger partial charge in [-0.05, 0) is 11.4 Å². The monoisotopic (exact) mass is 289 g/mol. The third-order valence-corrected chi connectivity index (χ3v) is 6.64. The molecule has 4 rings (SSSR count).